The maximum Gasteiger partial charge on any atom is 0.255 e. The van der Waals surface area contributed by atoms with E-state index >= 15 is 0 Å². The van der Waals surface area contributed by atoms with Gasteiger partial charge in [-0.15, -0.1) is 0 Å². The summed E-state index contributed by atoms with van der Waals surface area (Å²) in [7, 11) is -3.75. The number of rotatable bonds is 4. The Labute approximate surface area is 148 Å². The Morgan fingerprint density at radius 1 is 1.24 bits per heavy atom. The van der Waals surface area contributed by atoms with E-state index in [1.165, 1.54) is 36.4 Å². The van der Waals surface area contributed by atoms with Gasteiger partial charge in [0.05, 0.1) is 16.0 Å². The summed E-state index contributed by atoms with van der Waals surface area (Å²) in [6, 6.07) is 9.28. The largest absolute Gasteiger partial charge is 0.390 e. The Bertz CT molecular complexity index is 929. The molecule has 0 aliphatic carbocycles. The third kappa shape index (κ3) is 3.67. The number of amides is 1. The lowest BCUT2D eigenvalue weighted by Gasteiger charge is -2.34. The number of halogens is 2. The summed E-state index contributed by atoms with van der Waals surface area (Å²) in [6.45, 7) is 0.0691. The molecule has 2 aromatic rings. The summed E-state index contributed by atoms with van der Waals surface area (Å²) in [6.07, 6.45) is -0.663. The van der Waals surface area contributed by atoms with Crippen molar-refractivity contribution in [3.63, 3.8) is 0 Å². The minimum atomic E-state index is -3.75. The van der Waals surface area contributed by atoms with Gasteiger partial charge in [0.2, 0.25) is 10.0 Å². The highest BCUT2D eigenvalue weighted by molar-refractivity contribution is 7.89. The first-order valence-electron chi connectivity index (χ1n) is 7.32. The maximum atomic E-state index is 13.2. The van der Waals surface area contributed by atoms with E-state index in [-0.39, 0.29) is 34.3 Å². The Morgan fingerprint density at radius 2 is 1.96 bits per heavy atom. The second-order valence-corrected chi connectivity index (χ2v) is 7.93. The van der Waals surface area contributed by atoms with Crippen LogP contribution in [-0.2, 0) is 10.0 Å². The zero-order valence-corrected chi connectivity index (χ0v) is 14.4. The molecule has 1 amide bonds. The van der Waals surface area contributed by atoms with Crippen molar-refractivity contribution in [3.8, 4) is 0 Å². The smallest absolute Gasteiger partial charge is 0.255 e. The molecule has 0 aromatic heterocycles. The molecule has 3 rings (SSSR count). The highest BCUT2D eigenvalue weighted by Gasteiger charge is 2.35. The molecule has 6 nitrogen and oxygen atoms in total. The lowest BCUT2D eigenvalue weighted by molar-refractivity contribution is 0.0548. The first kappa shape index (κ1) is 17.8. The molecule has 1 fully saturated rings. The Balaban J connectivity index is 1.81. The number of aliphatic hydroxyl groups is 1. The Hall–Kier alpha value is -2.00. The van der Waals surface area contributed by atoms with Crippen LogP contribution in [0.3, 0.4) is 0 Å². The molecule has 1 aliphatic heterocycles. The number of sulfonamides is 1. The van der Waals surface area contributed by atoms with Crippen molar-refractivity contribution in [2.24, 2.45) is 0 Å². The fraction of sp³-hybridized carbons (Fsp3) is 0.188. The van der Waals surface area contributed by atoms with Crippen molar-refractivity contribution in [1.29, 1.82) is 0 Å². The van der Waals surface area contributed by atoms with E-state index in [1.807, 2.05) is 0 Å². The van der Waals surface area contributed by atoms with Crippen molar-refractivity contribution in [1.82, 2.24) is 4.31 Å². The van der Waals surface area contributed by atoms with Crippen LogP contribution in [0.25, 0.3) is 0 Å². The lowest BCUT2D eigenvalue weighted by atomic mass is 10.2. The zero-order chi connectivity index (χ0) is 18.2. The van der Waals surface area contributed by atoms with Crippen molar-refractivity contribution in [3.05, 3.63) is 58.9 Å². The Morgan fingerprint density at radius 3 is 2.60 bits per heavy atom. The summed E-state index contributed by atoms with van der Waals surface area (Å²) in [4.78, 5) is 12.3. The van der Waals surface area contributed by atoms with Gasteiger partial charge >= 0.3 is 0 Å². The van der Waals surface area contributed by atoms with Crippen LogP contribution >= 0.6 is 11.6 Å². The van der Waals surface area contributed by atoms with E-state index in [2.05, 4.69) is 5.32 Å². The molecular formula is C16H14ClFN2O4S. The molecule has 9 heteroatoms. The van der Waals surface area contributed by atoms with Crippen LogP contribution in [0.1, 0.15) is 10.4 Å². The molecule has 0 bridgehead atoms. The fourth-order valence-corrected chi connectivity index (χ4v) is 4.08. The molecule has 2 N–H and O–H groups in total. The Kier molecular flexibility index (Phi) is 4.79. The summed E-state index contributed by atoms with van der Waals surface area (Å²) in [5.41, 5.74) is 0.415. The SMILES string of the molecule is O=C(Nc1ccc(F)c(Cl)c1)c1cccc(S(=O)(=O)N2CC(O)C2)c1. The molecular weight excluding hydrogens is 371 g/mol. The van der Waals surface area contributed by atoms with Gasteiger partial charge in [0.25, 0.3) is 5.91 Å². The van der Waals surface area contributed by atoms with Crippen molar-refractivity contribution >= 4 is 33.2 Å². The van der Waals surface area contributed by atoms with Crippen LogP contribution in [0.2, 0.25) is 5.02 Å². The molecule has 25 heavy (non-hydrogen) atoms. The average Bonchev–Trinajstić information content (AvgIpc) is 2.55. The highest BCUT2D eigenvalue weighted by Crippen LogP contribution is 2.23. The number of nitrogens with one attached hydrogen (secondary N) is 1. The van der Waals surface area contributed by atoms with E-state index < -0.39 is 27.9 Å². The summed E-state index contributed by atoms with van der Waals surface area (Å²) in [5, 5.41) is 11.7. The lowest BCUT2D eigenvalue weighted by Crippen LogP contribution is -2.53. The molecule has 0 atom stereocenters. The first-order chi connectivity index (χ1) is 11.8. The van der Waals surface area contributed by atoms with Gasteiger partial charge in [-0.25, -0.2) is 12.8 Å². The molecule has 0 unspecified atom stereocenters. The second kappa shape index (κ2) is 6.72. The number of anilines is 1. The van der Waals surface area contributed by atoms with Gasteiger partial charge in [-0.2, -0.15) is 4.31 Å². The van der Waals surface area contributed by atoms with Crippen LogP contribution in [0.4, 0.5) is 10.1 Å². The van der Waals surface area contributed by atoms with E-state index in [0.29, 0.717) is 0 Å². The molecule has 132 valence electrons. The van der Waals surface area contributed by atoms with Crippen molar-refractivity contribution < 1.29 is 22.7 Å². The maximum absolute atomic E-state index is 13.2. The van der Waals surface area contributed by atoms with E-state index in [0.717, 1.165) is 10.4 Å². The number of carbonyl (C=O) groups is 1. The fourth-order valence-electron chi connectivity index (χ4n) is 2.34. The van der Waals surface area contributed by atoms with E-state index in [1.54, 1.807) is 0 Å². The third-order valence-corrected chi connectivity index (χ3v) is 5.86. The van der Waals surface area contributed by atoms with Crippen LogP contribution < -0.4 is 5.32 Å². The minimum Gasteiger partial charge on any atom is -0.390 e. The predicted molar refractivity (Wildman–Crippen MR) is 90.6 cm³/mol. The van der Waals surface area contributed by atoms with Crippen LogP contribution in [0.5, 0.6) is 0 Å². The molecule has 1 saturated heterocycles. The highest BCUT2D eigenvalue weighted by atomic mass is 35.5. The number of β-amino-alcohol motifs (C(OH)–C–C–N with tert-alkyl or cyclic N) is 1. The van der Waals surface area contributed by atoms with Crippen LogP contribution in [-0.4, -0.2) is 42.9 Å². The molecule has 0 saturated carbocycles. The van der Waals surface area contributed by atoms with Crippen LogP contribution in [0.15, 0.2) is 47.4 Å². The number of benzene rings is 2. The summed E-state index contributed by atoms with van der Waals surface area (Å²) >= 11 is 5.67. The summed E-state index contributed by atoms with van der Waals surface area (Å²) < 4.78 is 39.1. The molecule has 1 heterocycles. The molecule has 0 spiro atoms. The van der Waals surface area contributed by atoms with Crippen molar-refractivity contribution in [2.45, 2.75) is 11.0 Å². The topological polar surface area (TPSA) is 86.7 Å². The third-order valence-electron chi connectivity index (χ3n) is 3.74. The second-order valence-electron chi connectivity index (χ2n) is 5.59. The van der Waals surface area contributed by atoms with Gasteiger partial charge < -0.3 is 10.4 Å². The number of hydrogen-bond donors (Lipinski definition) is 2. The number of nitrogens with zero attached hydrogens (tertiary/aromatic N) is 1. The monoisotopic (exact) mass is 384 g/mol. The normalized spacial score (nSPS) is 15.6. The van der Waals surface area contributed by atoms with Crippen LogP contribution in [0, 0.1) is 5.82 Å². The number of carbonyl (C=O) groups excluding carboxylic acids is 1. The van der Waals surface area contributed by atoms with E-state index in [9.17, 15) is 22.7 Å². The summed E-state index contributed by atoms with van der Waals surface area (Å²) in [5.74, 6) is -1.16. The van der Waals surface area contributed by atoms with Gasteiger partial charge in [0, 0.05) is 24.3 Å². The standard InChI is InChI=1S/C16H14ClFN2O4S/c17-14-7-11(4-5-15(14)18)19-16(22)10-2-1-3-13(6-10)25(23,24)20-8-12(21)9-20/h1-7,12,21H,8-9H2,(H,19,22). The van der Waals surface area contributed by atoms with Gasteiger partial charge in [-0.3, -0.25) is 4.79 Å². The van der Waals surface area contributed by atoms with Gasteiger partial charge in [-0.1, -0.05) is 17.7 Å². The van der Waals surface area contributed by atoms with Gasteiger partial charge in [0.1, 0.15) is 5.82 Å². The predicted octanol–water partition coefficient (Wildman–Crippen LogP) is 2.10. The molecule has 0 radical (unpaired) electrons. The van der Waals surface area contributed by atoms with E-state index in [4.69, 9.17) is 11.6 Å². The number of hydrogen-bond acceptors (Lipinski definition) is 4. The van der Waals surface area contributed by atoms with Gasteiger partial charge in [-0.05, 0) is 36.4 Å². The zero-order valence-electron chi connectivity index (χ0n) is 12.8. The molecule has 1 aliphatic rings. The molecule has 2 aromatic carbocycles. The average molecular weight is 385 g/mol. The quantitative estimate of drug-likeness (QED) is 0.845. The first-order valence-corrected chi connectivity index (χ1v) is 9.14. The minimum absolute atomic E-state index is 0.0346. The van der Waals surface area contributed by atoms with Gasteiger partial charge in [0.15, 0.2) is 0 Å². The van der Waals surface area contributed by atoms with Crippen molar-refractivity contribution in [2.75, 3.05) is 18.4 Å². The number of aliphatic hydroxyl groups excluding tert-OH is 1.